The molecule has 0 saturated carbocycles. The number of amides is 1. The lowest BCUT2D eigenvalue weighted by Crippen LogP contribution is -2.42. The Morgan fingerprint density at radius 3 is 2.71 bits per heavy atom. The van der Waals surface area contributed by atoms with Crippen LogP contribution in [0.25, 0.3) is 11.0 Å². The fourth-order valence-electron chi connectivity index (χ4n) is 4.88. The molecule has 1 atom stereocenters. The normalized spacial score (nSPS) is 13.6. The molecule has 196 valence electrons. The van der Waals surface area contributed by atoms with Crippen molar-refractivity contribution in [1.29, 1.82) is 0 Å². The molecule has 0 aliphatic heterocycles. The molecule has 0 radical (unpaired) electrons. The number of benzene rings is 2. The Morgan fingerprint density at radius 2 is 1.89 bits per heavy atom. The van der Waals surface area contributed by atoms with Gasteiger partial charge in [-0.25, -0.2) is 9.78 Å². The molecule has 2 heterocycles. The number of carbonyl (C=O) groups is 2. The predicted octanol–water partition coefficient (Wildman–Crippen LogP) is 4.28. The number of aliphatic carboxylic acids is 1. The van der Waals surface area contributed by atoms with Crippen LogP contribution in [0.15, 0.2) is 60.9 Å². The van der Waals surface area contributed by atoms with Crippen LogP contribution in [-0.4, -0.2) is 44.2 Å². The van der Waals surface area contributed by atoms with Crippen LogP contribution in [0.2, 0.25) is 0 Å². The summed E-state index contributed by atoms with van der Waals surface area (Å²) in [6.07, 6.45) is 8.29. The van der Waals surface area contributed by atoms with Crippen molar-refractivity contribution in [2.75, 3.05) is 6.61 Å². The maximum atomic E-state index is 12.8. The number of pyridine rings is 1. The fourth-order valence-corrected chi connectivity index (χ4v) is 4.88. The van der Waals surface area contributed by atoms with E-state index in [1.807, 2.05) is 35.9 Å². The van der Waals surface area contributed by atoms with E-state index < -0.39 is 17.9 Å². The summed E-state index contributed by atoms with van der Waals surface area (Å²) in [5, 5.41) is 12.4. The summed E-state index contributed by atoms with van der Waals surface area (Å²) in [5.74, 6) is -0.794. The molecule has 8 heteroatoms. The summed E-state index contributed by atoms with van der Waals surface area (Å²) in [4.78, 5) is 33.7. The number of aryl methyl sites for hydroxylation is 4. The van der Waals surface area contributed by atoms with Gasteiger partial charge in [-0.3, -0.25) is 9.78 Å². The average Bonchev–Trinajstić information content (AvgIpc) is 3.31. The van der Waals surface area contributed by atoms with Crippen molar-refractivity contribution >= 4 is 22.9 Å². The highest BCUT2D eigenvalue weighted by molar-refractivity contribution is 5.99. The van der Waals surface area contributed by atoms with E-state index in [1.54, 1.807) is 24.5 Å². The zero-order valence-electron chi connectivity index (χ0n) is 21.5. The van der Waals surface area contributed by atoms with E-state index in [1.165, 1.54) is 24.1 Å². The number of nitrogens with zero attached hydrogens (tertiary/aromatic N) is 3. The molecule has 0 fully saturated rings. The summed E-state index contributed by atoms with van der Waals surface area (Å²) in [5.41, 5.74) is 6.54. The zero-order valence-corrected chi connectivity index (χ0v) is 21.5. The molecule has 1 aliphatic carbocycles. The number of hydrogen-bond acceptors (Lipinski definition) is 5. The molecular formula is C30H32N4O4. The van der Waals surface area contributed by atoms with E-state index in [-0.39, 0.29) is 6.42 Å². The number of carboxylic acids is 1. The van der Waals surface area contributed by atoms with Crippen LogP contribution < -0.4 is 10.1 Å². The molecule has 0 saturated heterocycles. The molecule has 1 aliphatic rings. The monoisotopic (exact) mass is 512 g/mol. The Morgan fingerprint density at radius 1 is 1.08 bits per heavy atom. The number of rotatable bonds is 10. The standard InChI is InChI=1S/C30H32N4O4/c1-34-19-31-26-15-11-22(18-28(26)34)29(35)33-27(30(36)37)17-20-8-13-24(14-9-20)38-16-4-6-23-12-10-21-5-2-3-7-25(21)32-23/h8-15,18-19,27H,2-7,16-17H2,1H3,(H,33,35)(H,36,37)/t27-/m0/s1. The Hall–Kier alpha value is -4.20. The van der Waals surface area contributed by atoms with Gasteiger partial charge in [0.1, 0.15) is 11.8 Å². The minimum atomic E-state index is -1.09. The maximum absolute atomic E-state index is 12.8. The minimum absolute atomic E-state index is 0.166. The van der Waals surface area contributed by atoms with Gasteiger partial charge in [-0.15, -0.1) is 0 Å². The van der Waals surface area contributed by atoms with Crippen molar-refractivity contribution in [2.24, 2.45) is 7.05 Å². The van der Waals surface area contributed by atoms with E-state index in [2.05, 4.69) is 22.4 Å². The van der Waals surface area contributed by atoms with Gasteiger partial charge in [0.05, 0.1) is 24.0 Å². The Balaban J connectivity index is 1.12. The van der Waals surface area contributed by atoms with Crippen LogP contribution in [0, 0.1) is 0 Å². The molecule has 2 aromatic carbocycles. The summed E-state index contributed by atoms with van der Waals surface area (Å²) in [6.45, 7) is 0.576. The second kappa shape index (κ2) is 11.5. The van der Waals surface area contributed by atoms with Crippen LogP contribution in [0.5, 0.6) is 5.75 Å². The highest BCUT2D eigenvalue weighted by atomic mass is 16.5. The number of aromatic nitrogens is 3. The smallest absolute Gasteiger partial charge is 0.326 e. The van der Waals surface area contributed by atoms with Gasteiger partial charge in [-0.2, -0.15) is 0 Å². The third-order valence-corrected chi connectivity index (χ3v) is 7.04. The lowest BCUT2D eigenvalue weighted by atomic mass is 9.95. The third kappa shape index (κ3) is 6.02. The predicted molar refractivity (Wildman–Crippen MR) is 144 cm³/mol. The van der Waals surface area contributed by atoms with Crippen LogP contribution >= 0.6 is 0 Å². The second-order valence-electron chi connectivity index (χ2n) is 9.84. The van der Waals surface area contributed by atoms with Crippen molar-refractivity contribution in [1.82, 2.24) is 19.9 Å². The minimum Gasteiger partial charge on any atom is -0.494 e. The van der Waals surface area contributed by atoms with E-state index in [4.69, 9.17) is 9.72 Å². The van der Waals surface area contributed by atoms with Crippen molar-refractivity contribution in [2.45, 2.75) is 51.0 Å². The second-order valence-corrected chi connectivity index (χ2v) is 9.84. The number of carbonyl (C=O) groups excluding carboxylic acids is 1. The number of ether oxygens (including phenoxy) is 1. The van der Waals surface area contributed by atoms with Crippen LogP contribution in [0.3, 0.4) is 0 Å². The highest BCUT2D eigenvalue weighted by Gasteiger charge is 2.22. The van der Waals surface area contributed by atoms with Crippen LogP contribution in [0.4, 0.5) is 0 Å². The molecular weight excluding hydrogens is 480 g/mol. The first-order chi connectivity index (χ1) is 18.5. The summed E-state index contributed by atoms with van der Waals surface area (Å²) < 4.78 is 7.70. The molecule has 2 N–H and O–H groups in total. The number of nitrogens with one attached hydrogen (secondary N) is 1. The number of carboxylic acid groups (broad SMARTS) is 1. The van der Waals surface area contributed by atoms with E-state index in [0.717, 1.165) is 53.7 Å². The first-order valence-corrected chi connectivity index (χ1v) is 13.1. The maximum Gasteiger partial charge on any atom is 0.326 e. The summed E-state index contributed by atoms with van der Waals surface area (Å²) in [6, 6.07) is 15.8. The van der Waals surface area contributed by atoms with E-state index in [9.17, 15) is 14.7 Å². The van der Waals surface area contributed by atoms with Crippen molar-refractivity contribution in [3.63, 3.8) is 0 Å². The van der Waals surface area contributed by atoms with Crippen LogP contribution in [-0.2, 0) is 37.5 Å². The van der Waals surface area contributed by atoms with Gasteiger partial charge in [0.15, 0.2) is 0 Å². The molecule has 38 heavy (non-hydrogen) atoms. The Bertz CT molecular complexity index is 1440. The van der Waals surface area contributed by atoms with Crippen LogP contribution in [0.1, 0.15) is 52.1 Å². The summed E-state index contributed by atoms with van der Waals surface area (Å²) in [7, 11) is 1.84. The quantitative estimate of drug-likeness (QED) is 0.307. The molecule has 1 amide bonds. The molecule has 0 unspecified atom stereocenters. The van der Waals surface area contributed by atoms with Gasteiger partial charge in [-0.05, 0) is 86.1 Å². The SMILES string of the molecule is Cn1cnc2ccc(C(=O)N[C@@H](Cc3ccc(OCCCc4ccc5c(n4)CCCC5)cc3)C(=O)O)cc21. The molecule has 0 spiro atoms. The van der Waals surface area contributed by atoms with Gasteiger partial charge in [0.25, 0.3) is 5.91 Å². The number of fused-ring (bicyclic) bond motifs is 2. The van der Waals surface area contributed by atoms with Gasteiger partial charge in [-0.1, -0.05) is 18.2 Å². The van der Waals surface area contributed by atoms with Gasteiger partial charge < -0.3 is 19.7 Å². The number of imidazole rings is 1. The first-order valence-electron chi connectivity index (χ1n) is 13.1. The zero-order chi connectivity index (χ0) is 26.5. The molecule has 5 rings (SSSR count). The lowest BCUT2D eigenvalue weighted by molar-refractivity contribution is -0.139. The largest absolute Gasteiger partial charge is 0.494 e. The molecule has 8 nitrogen and oxygen atoms in total. The summed E-state index contributed by atoms with van der Waals surface area (Å²) >= 11 is 0. The van der Waals surface area contributed by atoms with Crippen molar-refractivity contribution < 1.29 is 19.4 Å². The first kappa shape index (κ1) is 25.4. The van der Waals surface area contributed by atoms with E-state index in [0.29, 0.717) is 12.2 Å². The van der Waals surface area contributed by atoms with E-state index >= 15 is 0 Å². The third-order valence-electron chi connectivity index (χ3n) is 7.04. The topological polar surface area (TPSA) is 106 Å². The molecule has 4 aromatic rings. The van der Waals surface area contributed by atoms with Gasteiger partial charge in [0, 0.05) is 30.4 Å². The number of hydrogen-bond donors (Lipinski definition) is 2. The van der Waals surface area contributed by atoms with Crippen molar-refractivity contribution in [3.8, 4) is 5.75 Å². The average molecular weight is 513 g/mol. The Kier molecular flexibility index (Phi) is 7.67. The Labute approximate surface area is 221 Å². The molecule has 2 aromatic heterocycles. The van der Waals surface area contributed by atoms with Crippen molar-refractivity contribution in [3.05, 3.63) is 89.0 Å². The lowest BCUT2D eigenvalue weighted by Gasteiger charge is -2.16. The fraction of sp³-hybridized carbons (Fsp3) is 0.333. The molecule has 0 bridgehead atoms. The highest BCUT2D eigenvalue weighted by Crippen LogP contribution is 2.20. The van der Waals surface area contributed by atoms with Gasteiger partial charge >= 0.3 is 5.97 Å². The van der Waals surface area contributed by atoms with Gasteiger partial charge in [0.2, 0.25) is 0 Å².